The normalized spacial score (nSPS) is 12.6. The number of anilines is 1. The number of benzene rings is 1. The van der Waals surface area contributed by atoms with Crippen molar-refractivity contribution < 1.29 is 4.79 Å². The van der Waals surface area contributed by atoms with Crippen molar-refractivity contribution in [3.8, 4) is 0 Å². The molecule has 3 nitrogen and oxygen atoms in total. The first kappa shape index (κ1) is 27.9. The Morgan fingerprint density at radius 2 is 1.33 bits per heavy atom. The SMILES string of the molecule is CCCCCCCCCCCCCCC(=O)N[C@@H](Nc1ccc(Br)cc1)C(Cl)(Cl)Cl. The predicted molar refractivity (Wildman–Crippen MR) is 136 cm³/mol. The molecule has 0 heterocycles. The highest BCUT2D eigenvalue weighted by molar-refractivity contribution is 9.10. The van der Waals surface area contributed by atoms with Crippen molar-refractivity contribution in [3.05, 3.63) is 28.7 Å². The number of nitrogens with one attached hydrogen (secondary N) is 2. The van der Waals surface area contributed by atoms with Crippen molar-refractivity contribution in [1.29, 1.82) is 0 Å². The van der Waals surface area contributed by atoms with Gasteiger partial charge in [0.1, 0.15) is 6.17 Å². The fourth-order valence-corrected chi connectivity index (χ4v) is 3.86. The first-order chi connectivity index (χ1) is 14.3. The van der Waals surface area contributed by atoms with E-state index >= 15 is 0 Å². The first-order valence-electron chi connectivity index (χ1n) is 11.2. The zero-order valence-electron chi connectivity index (χ0n) is 18.0. The maximum absolute atomic E-state index is 12.3. The summed E-state index contributed by atoms with van der Waals surface area (Å²) in [6.45, 7) is 2.25. The van der Waals surface area contributed by atoms with Crippen LogP contribution in [0.5, 0.6) is 0 Å². The third-order valence-electron chi connectivity index (χ3n) is 5.05. The standard InChI is InChI=1S/C23H36BrCl3N2O/c1-2-3-4-5-6-7-8-9-10-11-12-13-14-21(30)29-22(23(25,26)27)28-20-17-15-19(24)16-18-20/h15-18,22,28H,2-14H2,1H3,(H,29,30)/t22-/m1/s1. The van der Waals surface area contributed by atoms with Gasteiger partial charge in [-0.1, -0.05) is 128 Å². The Labute approximate surface area is 206 Å². The molecule has 0 aliphatic heterocycles. The molecule has 1 aromatic rings. The molecule has 0 saturated heterocycles. The lowest BCUT2D eigenvalue weighted by molar-refractivity contribution is -0.121. The van der Waals surface area contributed by atoms with Gasteiger partial charge in [-0.05, 0) is 30.7 Å². The predicted octanol–water partition coefficient (Wildman–Crippen LogP) is 8.76. The number of unbranched alkanes of at least 4 members (excludes halogenated alkanes) is 11. The second-order valence-corrected chi connectivity index (χ2v) is 11.1. The third kappa shape index (κ3) is 14.0. The molecule has 0 aliphatic rings. The molecular weight excluding hydrogens is 507 g/mol. The maximum Gasteiger partial charge on any atom is 0.228 e. The molecular formula is C23H36BrCl3N2O. The third-order valence-corrected chi connectivity index (χ3v) is 6.23. The largest absolute Gasteiger partial charge is 0.362 e. The van der Waals surface area contributed by atoms with Gasteiger partial charge in [-0.15, -0.1) is 0 Å². The highest BCUT2D eigenvalue weighted by atomic mass is 79.9. The van der Waals surface area contributed by atoms with Crippen molar-refractivity contribution in [2.75, 3.05) is 5.32 Å². The summed E-state index contributed by atoms with van der Waals surface area (Å²) < 4.78 is -0.700. The lowest BCUT2D eigenvalue weighted by atomic mass is 10.0. The van der Waals surface area contributed by atoms with Gasteiger partial charge < -0.3 is 10.6 Å². The first-order valence-corrected chi connectivity index (χ1v) is 13.1. The van der Waals surface area contributed by atoms with Crippen LogP contribution in [0.15, 0.2) is 28.7 Å². The average molecular weight is 543 g/mol. The summed E-state index contributed by atoms with van der Waals surface area (Å²) in [5, 5.41) is 5.88. The number of carbonyl (C=O) groups is 1. The quantitative estimate of drug-likeness (QED) is 0.125. The summed E-state index contributed by atoms with van der Waals surface area (Å²) in [4.78, 5) is 12.3. The number of hydrogen-bond acceptors (Lipinski definition) is 2. The minimum atomic E-state index is -1.65. The fraction of sp³-hybridized carbons (Fsp3) is 0.696. The Balaban J connectivity index is 2.15. The Kier molecular flexibility index (Phi) is 15.3. The van der Waals surface area contributed by atoms with Gasteiger partial charge in [0, 0.05) is 16.6 Å². The minimum absolute atomic E-state index is 0.108. The van der Waals surface area contributed by atoms with E-state index in [1.54, 1.807) is 0 Å². The molecule has 1 aromatic carbocycles. The van der Waals surface area contributed by atoms with Crippen molar-refractivity contribution in [2.24, 2.45) is 0 Å². The molecule has 0 fully saturated rings. The van der Waals surface area contributed by atoms with E-state index in [9.17, 15) is 4.79 Å². The molecule has 7 heteroatoms. The molecule has 0 aliphatic carbocycles. The van der Waals surface area contributed by atoms with Crippen LogP contribution in [0.2, 0.25) is 0 Å². The lowest BCUT2D eigenvalue weighted by Crippen LogP contribution is -2.49. The van der Waals surface area contributed by atoms with Crippen LogP contribution in [0.25, 0.3) is 0 Å². The summed E-state index contributed by atoms with van der Waals surface area (Å²) in [5.41, 5.74) is 0.764. The summed E-state index contributed by atoms with van der Waals surface area (Å²) in [6, 6.07) is 7.47. The molecule has 172 valence electrons. The van der Waals surface area contributed by atoms with E-state index in [0.717, 1.165) is 23.0 Å². The lowest BCUT2D eigenvalue weighted by Gasteiger charge is -2.27. The molecule has 1 amide bonds. The van der Waals surface area contributed by atoms with Gasteiger partial charge in [-0.2, -0.15) is 0 Å². The molecule has 1 rings (SSSR count). The monoisotopic (exact) mass is 540 g/mol. The molecule has 0 spiro atoms. The van der Waals surface area contributed by atoms with Gasteiger partial charge in [0.05, 0.1) is 0 Å². The van der Waals surface area contributed by atoms with Crippen LogP contribution in [0.4, 0.5) is 5.69 Å². The van der Waals surface area contributed by atoms with Crippen LogP contribution >= 0.6 is 50.7 Å². The number of rotatable bonds is 16. The summed E-state index contributed by atoms with van der Waals surface area (Å²) in [6.07, 6.45) is 14.8. The summed E-state index contributed by atoms with van der Waals surface area (Å²) >= 11 is 21.5. The molecule has 0 aromatic heterocycles. The number of amides is 1. The van der Waals surface area contributed by atoms with Gasteiger partial charge in [0.15, 0.2) is 0 Å². The van der Waals surface area contributed by atoms with Crippen molar-refractivity contribution in [3.63, 3.8) is 0 Å². The second kappa shape index (κ2) is 16.5. The highest BCUT2D eigenvalue weighted by Crippen LogP contribution is 2.31. The maximum atomic E-state index is 12.3. The highest BCUT2D eigenvalue weighted by Gasteiger charge is 2.33. The van der Waals surface area contributed by atoms with Crippen molar-refractivity contribution >= 4 is 62.3 Å². The molecule has 0 unspecified atom stereocenters. The Morgan fingerprint density at radius 3 is 1.80 bits per heavy atom. The topological polar surface area (TPSA) is 41.1 Å². The zero-order valence-corrected chi connectivity index (χ0v) is 21.9. The van der Waals surface area contributed by atoms with Crippen molar-refractivity contribution in [2.45, 2.75) is 100 Å². The second-order valence-electron chi connectivity index (χ2n) is 7.83. The van der Waals surface area contributed by atoms with Crippen LogP contribution < -0.4 is 10.6 Å². The van der Waals surface area contributed by atoms with E-state index in [0.29, 0.717) is 6.42 Å². The van der Waals surface area contributed by atoms with Gasteiger partial charge in [0.25, 0.3) is 0 Å². The molecule has 0 saturated carbocycles. The smallest absolute Gasteiger partial charge is 0.228 e. The van der Waals surface area contributed by atoms with Gasteiger partial charge >= 0.3 is 0 Å². The van der Waals surface area contributed by atoms with E-state index in [1.807, 2.05) is 24.3 Å². The van der Waals surface area contributed by atoms with Crippen LogP contribution in [-0.4, -0.2) is 15.9 Å². The van der Waals surface area contributed by atoms with E-state index < -0.39 is 9.96 Å². The van der Waals surface area contributed by atoms with Crippen LogP contribution in [-0.2, 0) is 4.79 Å². The molecule has 0 bridgehead atoms. The Bertz CT molecular complexity index is 579. The number of alkyl halides is 3. The van der Waals surface area contributed by atoms with E-state index in [2.05, 4.69) is 33.5 Å². The Morgan fingerprint density at radius 1 is 0.867 bits per heavy atom. The fourth-order valence-electron chi connectivity index (χ4n) is 3.27. The van der Waals surface area contributed by atoms with Crippen LogP contribution in [0.3, 0.4) is 0 Å². The average Bonchev–Trinajstić information content (AvgIpc) is 2.69. The number of hydrogen-bond donors (Lipinski definition) is 2. The van der Waals surface area contributed by atoms with Gasteiger partial charge in [-0.3, -0.25) is 4.79 Å². The molecule has 30 heavy (non-hydrogen) atoms. The molecule has 0 radical (unpaired) electrons. The zero-order chi connectivity index (χ0) is 22.2. The Hall–Kier alpha value is -0.160. The number of halogens is 4. The van der Waals surface area contributed by atoms with E-state index in [4.69, 9.17) is 34.8 Å². The minimum Gasteiger partial charge on any atom is -0.362 e. The van der Waals surface area contributed by atoms with Crippen LogP contribution in [0, 0.1) is 0 Å². The van der Waals surface area contributed by atoms with Crippen molar-refractivity contribution in [1.82, 2.24) is 5.32 Å². The van der Waals surface area contributed by atoms with Gasteiger partial charge in [0.2, 0.25) is 9.70 Å². The van der Waals surface area contributed by atoms with Gasteiger partial charge in [-0.25, -0.2) is 0 Å². The molecule has 2 N–H and O–H groups in total. The van der Waals surface area contributed by atoms with E-state index in [1.165, 1.54) is 64.2 Å². The van der Waals surface area contributed by atoms with E-state index in [-0.39, 0.29) is 5.91 Å². The van der Waals surface area contributed by atoms with Crippen LogP contribution in [0.1, 0.15) is 90.4 Å². The molecule has 1 atom stereocenters. The summed E-state index contributed by atoms with van der Waals surface area (Å²) in [5.74, 6) is -0.108. The number of carbonyl (C=O) groups excluding carboxylic acids is 1. The summed E-state index contributed by atoms with van der Waals surface area (Å²) in [7, 11) is 0.